The summed E-state index contributed by atoms with van der Waals surface area (Å²) in [6.07, 6.45) is 1.98. The molecule has 1 aliphatic heterocycles. The zero-order valence-electron chi connectivity index (χ0n) is 12.9. The first-order valence-electron chi connectivity index (χ1n) is 7.48. The van der Waals surface area contributed by atoms with Crippen LogP contribution in [0.4, 0.5) is 0 Å². The lowest BCUT2D eigenvalue weighted by Gasteiger charge is -2.24. The third-order valence-corrected chi connectivity index (χ3v) is 4.04. The molecule has 1 aliphatic rings. The Bertz CT molecular complexity index is 641. The highest BCUT2D eigenvalue weighted by atomic mass is 16.4. The first-order chi connectivity index (χ1) is 10.6. The van der Waals surface area contributed by atoms with Crippen LogP contribution in [-0.2, 0) is 11.3 Å². The number of nitrogens with zero attached hydrogens (tertiary/aromatic N) is 4. The Labute approximate surface area is 129 Å². The molecule has 1 atom stereocenters. The fourth-order valence-electron chi connectivity index (χ4n) is 2.77. The van der Waals surface area contributed by atoms with Gasteiger partial charge in [-0.05, 0) is 38.6 Å². The molecule has 2 aromatic rings. The van der Waals surface area contributed by atoms with E-state index in [-0.39, 0.29) is 11.9 Å². The molecule has 6 nitrogen and oxygen atoms in total. The van der Waals surface area contributed by atoms with Crippen molar-refractivity contribution in [1.82, 2.24) is 20.0 Å². The van der Waals surface area contributed by atoms with Crippen molar-refractivity contribution < 1.29 is 9.21 Å². The van der Waals surface area contributed by atoms with Crippen LogP contribution < -0.4 is 0 Å². The minimum absolute atomic E-state index is 0.0264. The highest BCUT2D eigenvalue weighted by molar-refractivity contribution is 5.81. The number of hydrogen-bond donors (Lipinski definition) is 0. The maximum absolute atomic E-state index is 12.4. The molecule has 0 spiro atoms. The average molecular weight is 300 g/mol. The molecule has 0 radical (unpaired) electrons. The van der Waals surface area contributed by atoms with Gasteiger partial charge < -0.3 is 9.32 Å². The molecule has 0 bridgehead atoms. The lowest BCUT2D eigenvalue weighted by molar-refractivity contribution is -0.135. The SMILES string of the molecule is CN(Cc1nnc(-c2ccccc2)o1)C(=O)[C@@H]1CCCN1C. The zero-order chi connectivity index (χ0) is 15.5. The van der Waals surface area contributed by atoms with Crippen molar-refractivity contribution in [1.29, 1.82) is 0 Å². The fraction of sp³-hybridized carbons (Fsp3) is 0.438. The summed E-state index contributed by atoms with van der Waals surface area (Å²) in [5.41, 5.74) is 0.880. The van der Waals surface area contributed by atoms with Gasteiger partial charge in [-0.1, -0.05) is 18.2 Å². The van der Waals surface area contributed by atoms with Crippen molar-refractivity contribution >= 4 is 5.91 Å². The van der Waals surface area contributed by atoms with Gasteiger partial charge in [-0.25, -0.2) is 0 Å². The largest absolute Gasteiger partial charge is 0.419 e. The van der Waals surface area contributed by atoms with Gasteiger partial charge in [0.2, 0.25) is 17.7 Å². The van der Waals surface area contributed by atoms with Gasteiger partial charge >= 0.3 is 0 Å². The minimum atomic E-state index is -0.0264. The van der Waals surface area contributed by atoms with E-state index >= 15 is 0 Å². The molecule has 0 saturated carbocycles. The first kappa shape index (κ1) is 14.7. The van der Waals surface area contributed by atoms with E-state index in [0.29, 0.717) is 18.3 Å². The van der Waals surface area contributed by atoms with Gasteiger partial charge in [0, 0.05) is 12.6 Å². The maximum Gasteiger partial charge on any atom is 0.247 e. The van der Waals surface area contributed by atoms with Gasteiger partial charge in [0.1, 0.15) is 0 Å². The number of likely N-dealkylation sites (tertiary alicyclic amines) is 1. The number of benzene rings is 1. The smallest absolute Gasteiger partial charge is 0.247 e. The van der Waals surface area contributed by atoms with Gasteiger partial charge in [-0.2, -0.15) is 0 Å². The Hall–Kier alpha value is -2.21. The lowest BCUT2D eigenvalue weighted by atomic mass is 10.2. The third kappa shape index (κ3) is 3.01. The molecule has 0 unspecified atom stereocenters. The molecular weight excluding hydrogens is 280 g/mol. The van der Waals surface area contributed by atoms with Crippen molar-refractivity contribution in [2.24, 2.45) is 0 Å². The number of carbonyl (C=O) groups excluding carboxylic acids is 1. The van der Waals surface area contributed by atoms with Crippen LogP contribution in [0.5, 0.6) is 0 Å². The Morgan fingerprint density at radius 2 is 2.14 bits per heavy atom. The second kappa shape index (κ2) is 6.27. The van der Waals surface area contributed by atoms with Crippen LogP contribution in [0.3, 0.4) is 0 Å². The molecule has 22 heavy (non-hydrogen) atoms. The molecule has 2 heterocycles. The Kier molecular flexibility index (Phi) is 4.20. The second-order valence-electron chi connectivity index (χ2n) is 5.70. The predicted octanol–water partition coefficient (Wildman–Crippen LogP) is 1.79. The maximum atomic E-state index is 12.4. The van der Waals surface area contributed by atoms with Crippen LogP contribution in [0.2, 0.25) is 0 Å². The molecule has 116 valence electrons. The van der Waals surface area contributed by atoms with Crippen molar-refractivity contribution in [3.63, 3.8) is 0 Å². The van der Waals surface area contributed by atoms with E-state index in [1.54, 1.807) is 11.9 Å². The van der Waals surface area contributed by atoms with Gasteiger partial charge in [0.15, 0.2) is 0 Å². The fourth-order valence-corrected chi connectivity index (χ4v) is 2.77. The summed E-state index contributed by atoms with van der Waals surface area (Å²) < 4.78 is 5.65. The third-order valence-electron chi connectivity index (χ3n) is 4.04. The number of rotatable bonds is 4. The van der Waals surface area contributed by atoms with E-state index in [2.05, 4.69) is 15.1 Å². The predicted molar refractivity (Wildman–Crippen MR) is 81.9 cm³/mol. The van der Waals surface area contributed by atoms with Crippen LogP contribution in [0, 0.1) is 0 Å². The summed E-state index contributed by atoms with van der Waals surface area (Å²) in [7, 11) is 3.77. The van der Waals surface area contributed by atoms with E-state index in [4.69, 9.17) is 4.42 Å². The van der Waals surface area contributed by atoms with Crippen LogP contribution in [-0.4, -0.2) is 52.6 Å². The van der Waals surface area contributed by atoms with E-state index < -0.39 is 0 Å². The molecule has 1 saturated heterocycles. The van der Waals surface area contributed by atoms with Crippen LogP contribution in [0.1, 0.15) is 18.7 Å². The Balaban J connectivity index is 1.66. The summed E-state index contributed by atoms with van der Waals surface area (Å²) >= 11 is 0. The van der Waals surface area contributed by atoms with Gasteiger partial charge in [0.05, 0.1) is 12.6 Å². The molecule has 6 heteroatoms. The summed E-state index contributed by atoms with van der Waals surface area (Å²) in [4.78, 5) is 16.2. The number of carbonyl (C=O) groups is 1. The number of hydrogen-bond acceptors (Lipinski definition) is 5. The molecule has 1 amide bonds. The molecule has 1 fully saturated rings. The van der Waals surface area contributed by atoms with Gasteiger partial charge in [0.25, 0.3) is 0 Å². The van der Waals surface area contributed by atoms with Crippen molar-refractivity contribution in [3.8, 4) is 11.5 Å². The monoisotopic (exact) mass is 300 g/mol. The molecular formula is C16H20N4O2. The highest BCUT2D eigenvalue weighted by Gasteiger charge is 2.30. The number of likely N-dealkylation sites (N-methyl/N-ethyl adjacent to an activating group) is 2. The number of amides is 1. The standard InChI is InChI=1S/C16H20N4O2/c1-19-10-6-9-13(19)16(21)20(2)11-14-17-18-15(22-14)12-7-4-3-5-8-12/h3-5,7-8,13H,6,9-11H2,1-2H3/t13-/m0/s1. The van der Waals surface area contributed by atoms with Crippen molar-refractivity contribution in [3.05, 3.63) is 36.2 Å². The summed E-state index contributed by atoms with van der Waals surface area (Å²) in [5.74, 6) is 1.05. The molecule has 0 aliphatic carbocycles. The summed E-state index contributed by atoms with van der Waals surface area (Å²) in [5, 5.41) is 8.08. The van der Waals surface area contributed by atoms with Gasteiger partial charge in [-0.15, -0.1) is 10.2 Å². The second-order valence-corrected chi connectivity index (χ2v) is 5.70. The Morgan fingerprint density at radius 3 is 2.82 bits per heavy atom. The van der Waals surface area contributed by atoms with Crippen molar-refractivity contribution in [2.75, 3.05) is 20.6 Å². The van der Waals surface area contributed by atoms with Gasteiger partial charge in [-0.3, -0.25) is 9.69 Å². The van der Waals surface area contributed by atoms with Crippen molar-refractivity contribution in [2.45, 2.75) is 25.4 Å². The quantitative estimate of drug-likeness (QED) is 0.861. The molecule has 1 aromatic heterocycles. The van der Waals surface area contributed by atoms with E-state index in [9.17, 15) is 4.79 Å². The summed E-state index contributed by atoms with van der Waals surface area (Å²) in [6, 6.07) is 9.58. The zero-order valence-corrected chi connectivity index (χ0v) is 12.9. The van der Waals surface area contributed by atoms with Crippen LogP contribution in [0.15, 0.2) is 34.7 Å². The average Bonchev–Trinajstić information content (AvgIpc) is 3.16. The minimum Gasteiger partial charge on any atom is -0.419 e. The highest BCUT2D eigenvalue weighted by Crippen LogP contribution is 2.19. The lowest BCUT2D eigenvalue weighted by Crippen LogP contribution is -2.42. The normalized spacial score (nSPS) is 18.5. The number of aromatic nitrogens is 2. The van der Waals surface area contributed by atoms with E-state index in [1.807, 2.05) is 37.4 Å². The first-order valence-corrected chi connectivity index (χ1v) is 7.48. The van der Waals surface area contributed by atoms with Crippen LogP contribution >= 0.6 is 0 Å². The van der Waals surface area contributed by atoms with Crippen LogP contribution in [0.25, 0.3) is 11.5 Å². The molecule has 3 rings (SSSR count). The topological polar surface area (TPSA) is 62.5 Å². The summed E-state index contributed by atoms with van der Waals surface area (Å²) in [6.45, 7) is 1.31. The molecule has 0 N–H and O–H groups in total. The molecule has 1 aromatic carbocycles. The van der Waals surface area contributed by atoms with E-state index in [0.717, 1.165) is 24.9 Å². The Morgan fingerprint density at radius 1 is 1.36 bits per heavy atom. The van der Waals surface area contributed by atoms with E-state index in [1.165, 1.54) is 0 Å².